The van der Waals surface area contributed by atoms with E-state index in [4.69, 9.17) is 9.47 Å². The Kier molecular flexibility index (Phi) is 5.02. The van der Waals surface area contributed by atoms with Gasteiger partial charge in [0.1, 0.15) is 10.7 Å². The first kappa shape index (κ1) is 16.0. The number of sulfonamides is 1. The maximum atomic E-state index is 14.1. The van der Waals surface area contributed by atoms with Crippen molar-refractivity contribution in [3.63, 3.8) is 0 Å². The average molecular weight is 318 g/mol. The summed E-state index contributed by atoms with van der Waals surface area (Å²) in [5.41, 5.74) is 0. The van der Waals surface area contributed by atoms with E-state index in [1.807, 2.05) is 0 Å². The molecule has 8 heteroatoms. The number of ether oxygens (including phenoxy) is 2. The van der Waals surface area contributed by atoms with Crippen LogP contribution in [0, 0.1) is 5.82 Å². The van der Waals surface area contributed by atoms with Crippen molar-refractivity contribution in [2.75, 3.05) is 40.4 Å². The second-order valence-corrected chi connectivity index (χ2v) is 6.55. The monoisotopic (exact) mass is 318 g/mol. The minimum absolute atomic E-state index is 0.159. The molecule has 0 amide bonds. The summed E-state index contributed by atoms with van der Waals surface area (Å²) in [7, 11) is -1.15. The summed E-state index contributed by atoms with van der Waals surface area (Å²) in [4.78, 5) is -0.387. The van der Waals surface area contributed by atoms with Crippen LogP contribution < -0.4 is 14.8 Å². The molecule has 0 bridgehead atoms. The Morgan fingerprint density at radius 1 is 1.14 bits per heavy atom. The van der Waals surface area contributed by atoms with E-state index in [-0.39, 0.29) is 16.4 Å². The van der Waals surface area contributed by atoms with Gasteiger partial charge in [0.25, 0.3) is 0 Å². The van der Waals surface area contributed by atoms with Crippen LogP contribution >= 0.6 is 0 Å². The Balaban J connectivity index is 2.43. The summed E-state index contributed by atoms with van der Waals surface area (Å²) >= 11 is 0. The standard InChI is InChI=1S/C13H19FN2O4S/c1-19-11-8-10(14)13(9-12(11)20-2)21(17,18)16-6-3-4-15-5-7-16/h8-9,15H,3-7H2,1-2H3. The summed E-state index contributed by atoms with van der Waals surface area (Å²) in [5.74, 6) is -0.498. The van der Waals surface area contributed by atoms with Crippen molar-refractivity contribution < 1.29 is 22.3 Å². The summed E-state index contributed by atoms with van der Waals surface area (Å²) in [6, 6.07) is 2.20. The number of methoxy groups -OCH3 is 2. The highest BCUT2D eigenvalue weighted by Crippen LogP contribution is 2.33. The van der Waals surface area contributed by atoms with Crippen molar-refractivity contribution in [3.8, 4) is 11.5 Å². The van der Waals surface area contributed by atoms with Crippen LogP contribution in [-0.4, -0.2) is 53.1 Å². The molecule has 1 aromatic rings. The number of halogens is 1. The number of hydrogen-bond acceptors (Lipinski definition) is 5. The molecule has 2 rings (SSSR count). The van der Waals surface area contributed by atoms with Gasteiger partial charge >= 0.3 is 0 Å². The average Bonchev–Trinajstić information content (AvgIpc) is 2.76. The normalized spacial score (nSPS) is 17.3. The number of hydrogen-bond donors (Lipinski definition) is 1. The molecule has 0 aliphatic carbocycles. The molecule has 0 atom stereocenters. The number of nitrogens with one attached hydrogen (secondary N) is 1. The van der Waals surface area contributed by atoms with Gasteiger partial charge in [-0.2, -0.15) is 4.31 Å². The lowest BCUT2D eigenvalue weighted by molar-refractivity contribution is 0.349. The van der Waals surface area contributed by atoms with Crippen molar-refractivity contribution in [3.05, 3.63) is 17.9 Å². The third kappa shape index (κ3) is 3.28. The Hall–Kier alpha value is -1.38. The largest absolute Gasteiger partial charge is 0.493 e. The lowest BCUT2D eigenvalue weighted by atomic mass is 10.3. The van der Waals surface area contributed by atoms with Crippen LogP contribution in [-0.2, 0) is 10.0 Å². The Morgan fingerprint density at radius 3 is 2.48 bits per heavy atom. The number of rotatable bonds is 4. The van der Waals surface area contributed by atoms with Gasteiger partial charge in [-0.25, -0.2) is 12.8 Å². The minimum atomic E-state index is -3.89. The first-order valence-electron chi connectivity index (χ1n) is 6.63. The molecule has 1 aliphatic rings. The predicted octanol–water partition coefficient (Wildman–Crippen LogP) is 0.827. The smallest absolute Gasteiger partial charge is 0.246 e. The molecule has 0 saturated carbocycles. The van der Waals surface area contributed by atoms with Crippen molar-refractivity contribution in [2.24, 2.45) is 0 Å². The second kappa shape index (κ2) is 6.59. The van der Waals surface area contributed by atoms with Gasteiger partial charge in [-0.3, -0.25) is 0 Å². The second-order valence-electron chi connectivity index (χ2n) is 4.65. The van der Waals surface area contributed by atoms with Gasteiger partial charge < -0.3 is 14.8 Å². The van der Waals surface area contributed by atoms with Crippen LogP contribution in [0.15, 0.2) is 17.0 Å². The third-order valence-electron chi connectivity index (χ3n) is 3.35. The fourth-order valence-corrected chi connectivity index (χ4v) is 3.77. The van der Waals surface area contributed by atoms with Crippen LogP contribution in [0.25, 0.3) is 0 Å². The van der Waals surface area contributed by atoms with Crippen LogP contribution in [0.5, 0.6) is 11.5 Å². The first-order chi connectivity index (χ1) is 10.0. The van der Waals surface area contributed by atoms with E-state index < -0.39 is 15.8 Å². The van der Waals surface area contributed by atoms with Crippen molar-refractivity contribution in [1.82, 2.24) is 9.62 Å². The van der Waals surface area contributed by atoms with Gasteiger partial charge in [0.15, 0.2) is 11.5 Å². The molecule has 6 nitrogen and oxygen atoms in total. The lowest BCUT2D eigenvalue weighted by Gasteiger charge is -2.20. The molecule has 1 aliphatic heterocycles. The molecule has 0 aromatic heterocycles. The highest BCUT2D eigenvalue weighted by molar-refractivity contribution is 7.89. The Bertz CT molecular complexity index is 598. The quantitative estimate of drug-likeness (QED) is 0.890. The van der Waals surface area contributed by atoms with E-state index in [1.54, 1.807) is 0 Å². The van der Waals surface area contributed by atoms with Crippen LogP contribution in [0.1, 0.15) is 6.42 Å². The third-order valence-corrected chi connectivity index (χ3v) is 5.27. The number of nitrogens with zero attached hydrogens (tertiary/aromatic N) is 1. The van der Waals surface area contributed by atoms with E-state index >= 15 is 0 Å². The molecule has 1 saturated heterocycles. The summed E-state index contributed by atoms with van der Waals surface area (Å²) in [6.07, 6.45) is 0.689. The lowest BCUT2D eigenvalue weighted by Crippen LogP contribution is -2.34. The molecule has 1 aromatic carbocycles. The van der Waals surface area contributed by atoms with Gasteiger partial charge in [0.2, 0.25) is 10.0 Å². The molecular formula is C13H19FN2O4S. The fourth-order valence-electron chi connectivity index (χ4n) is 2.23. The molecular weight excluding hydrogens is 299 g/mol. The molecule has 0 unspecified atom stereocenters. The SMILES string of the molecule is COc1cc(F)c(S(=O)(=O)N2CCCNCC2)cc1OC. The Morgan fingerprint density at radius 2 is 1.81 bits per heavy atom. The van der Waals surface area contributed by atoms with Gasteiger partial charge in [0.05, 0.1) is 14.2 Å². The molecule has 118 valence electrons. The molecule has 0 spiro atoms. The molecule has 21 heavy (non-hydrogen) atoms. The zero-order valence-corrected chi connectivity index (χ0v) is 12.9. The highest BCUT2D eigenvalue weighted by atomic mass is 32.2. The van der Waals surface area contributed by atoms with Crippen LogP contribution in [0.3, 0.4) is 0 Å². The summed E-state index contributed by atoms with van der Waals surface area (Å²) in [6.45, 7) is 1.98. The highest BCUT2D eigenvalue weighted by Gasteiger charge is 2.29. The van der Waals surface area contributed by atoms with E-state index in [0.717, 1.165) is 12.6 Å². The van der Waals surface area contributed by atoms with E-state index in [2.05, 4.69) is 5.32 Å². The van der Waals surface area contributed by atoms with Crippen molar-refractivity contribution in [1.29, 1.82) is 0 Å². The molecule has 1 fully saturated rings. The Labute approximate surface area is 123 Å². The summed E-state index contributed by atoms with van der Waals surface area (Å²) in [5, 5.41) is 3.11. The molecule has 1 N–H and O–H groups in total. The van der Waals surface area contributed by atoms with Gasteiger partial charge in [0, 0.05) is 31.8 Å². The maximum Gasteiger partial charge on any atom is 0.246 e. The topological polar surface area (TPSA) is 67.9 Å². The van der Waals surface area contributed by atoms with Gasteiger partial charge in [-0.1, -0.05) is 0 Å². The van der Waals surface area contributed by atoms with Crippen molar-refractivity contribution in [2.45, 2.75) is 11.3 Å². The van der Waals surface area contributed by atoms with Crippen LogP contribution in [0.2, 0.25) is 0 Å². The maximum absolute atomic E-state index is 14.1. The van der Waals surface area contributed by atoms with E-state index in [0.29, 0.717) is 26.1 Å². The summed E-state index contributed by atoms with van der Waals surface area (Å²) < 4.78 is 50.6. The zero-order chi connectivity index (χ0) is 15.5. The predicted molar refractivity (Wildman–Crippen MR) is 75.7 cm³/mol. The van der Waals surface area contributed by atoms with Crippen molar-refractivity contribution >= 4 is 10.0 Å². The van der Waals surface area contributed by atoms with E-state index in [9.17, 15) is 12.8 Å². The van der Waals surface area contributed by atoms with E-state index in [1.165, 1.54) is 24.6 Å². The fraction of sp³-hybridized carbons (Fsp3) is 0.538. The van der Waals surface area contributed by atoms with Gasteiger partial charge in [-0.05, 0) is 13.0 Å². The zero-order valence-electron chi connectivity index (χ0n) is 12.1. The molecule has 1 heterocycles. The van der Waals surface area contributed by atoms with Crippen LogP contribution in [0.4, 0.5) is 4.39 Å². The number of benzene rings is 1. The minimum Gasteiger partial charge on any atom is -0.493 e. The molecule has 0 radical (unpaired) electrons. The van der Waals surface area contributed by atoms with Gasteiger partial charge in [-0.15, -0.1) is 0 Å². The first-order valence-corrected chi connectivity index (χ1v) is 8.07.